The largest absolute Gasteiger partial charge is 0.376 e. The number of fused-ring (bicyclic) bond motifs is 1. The predicted molar refractivity (Wildman–Crippen MR) is 130 cm³/mol. The molecule has 164 valence electrons. The Morgan fingerprint density at radius 2 is 1.88 bits per heavy atom. The van der Waals surface area contributed by atoms with E-state index < -0.39 is 0 Å². The Hall–Kier alpha value is -3.09. The average Bonchev–Trinajstić information content (AvgIpc) is 3.58. The highest BCUT2D eigenvalue weighted by atomic mass is 32.1. The van der Waals surface area contributed by atoms with Gasteiger partial charge in [-0.25, -0.2) is 4.79 Å². The molecule has 0 saturated carbocycles. The van der Waals surface area contributed by atoms with Crippen LogP contribution in [0.5, 0.6) is 0 Å². The maximum atomic E-state index is 12.5. The highest BCUT2D eigenvalue weighted by molar-refractivity contribution is 7.13. The third-order valence-corrected chi connectivity index (χ3v) is 6.83. The molecule has 1 fully saturated rings. The van der Waals surface area contributed by atoms with Crippen molar-refractivity contribution in [1.29, 1.82) is 0 Å². The van der Waals surface area contributed by atoms with E-state index in [1.807, 2.05) is 6.07 Å². The van der Waals surface area contributed by atoms with Gasteiger partial charge in [0, 0.05) is 42.7 Å². The van der Waals surface area contributed by atoms with Crippen LogP contribution in [0.15, 0.2) is 72.1 Å². The van der Waals surface area contributed by atoms with E-state index in [0.29, 0.717) is 13.1 Å². The molecule has 2 aromatic carbocycles. The van der Waals surface area contributed by atoms with Crippen molar-refractivity contribution in [2.45, 2.75) is 32.0 Å². The van der Waals surface area contributed by atoms with E-state index in [2.05, 4.69) is 81.2 Å². The zero-order valence-electron chi connectivity index (χ0n) is 17.9. The second-order valence-corrected chi connectivity index (χ2v) is 9.04. The van der Waals surface area contributed by atoms with Crippen LogP contribution in [0.2, 0.25) is 0 Å². The number of ether oxygens (including phenoxy) is 1. The molecule has 3 heterocycles. The van der Waals surface area contributed by atoms with E-state index in [4.69, 9.17) is 4.74 Å². The average molecular weight is 446 g/mol. The lowest BCUT2D eigenvalue weighted by molar-refractivity contribution is 0.111. The number of amides is 2. The van der Waals surface area contributed by atoms with Crippen LogP contribution >= 0.6 is 11.3 Å². The van der Waals surface area contributed by atoms with Crippen molar-refractivity contribution < 1.29 is 9.53 Å². The van der Waals surface area contributed by atoms with Gasteiger partial charge in [-0.2, -0.15) is 0 Å². The predicted octanol–water partition coefficient (Wildman–Crippen LogP) is 5.40. The molecule has 0 aliphatic carbocycles. The second-order valence-electron chi connectivity index (χ2n) is 8.09. The number of hydrogen-bond acceptors (Lipinski definition) is 3. The van der Waals surface area contributed by atoms with Gasteiger partial charge in [-0.3, -0.25) is 0 Å². The smallest absolute Gasteiger partial charge is 0.315 e. The number of urea groups is 1. The van der Waals surface area contributed by atoms with Gasteiger partial charge in [0.25, 0.3) is 0 Å². The Kier molecular flexibility index (Phi) is 6.23. The molecule has 1 aliphatic heterocycles. The highest BCUT2D eigenvalue weighted by Gasteiger charge is 2.20. The van der Waals surface area contributed by atoms with E-state index in [1.165, 1.54) is 27.0 Å². The Bertz CT molecular complexity index is 1180. The lowest BCUT2D eigenvalue weighted by Crippen LogP contribution is -2.39. The molecule has 0 unspecified atom stereocenters. The number of benzene rings is 2. The van der Waals surface area contributed by atoms with Gasteiger partial charge in [0.15, 0.2) is 0 Å². The monoisotopic (exact) mass is 445 g/mol. The van der Waals surface area contributed by atoms with Gasteiger partial charge in [0.2, 0.25) is 0 Å². The van der Waals surface area contributed by atoms with Crippen LogP contribution in [0.3, 0.4) is 0 Å². The Balaban J connectivity index is 1.46. The molecule has 4 aromatic rings. The lowest BCUT2D eigenvalue weighted by Gasteiger charge is -2.13. The van der Waals surface area contributed by atoms with Crippen molar-refractivity contribution in [3.8, 4) is 10.6 Å². The van der Waals surface area contributed by atoms with Crippen molar-refractivity contribution in [1.82, 2.24) is 15.2 Å². The molecule has 5 nitrogen and oxygen atoms in total. The van der Waals surface area contributed by atoms with Crippen LogP contribution in [-0.4, -0.2) is 29.9 Å². The molecule has 0 bridgehead atoms. The molecular formula is C26H27N3O2S. The molecule has 1 aliphatic rings. The fourth-order valence-corrected chi connectivity index (χ4v) is 5.23. The Morgan fingerprint density at radius 1 is 1.03 bits per heavy atom. The van der Waals surface area contributed by atoms with Gasteiger partial charge in [0.1, 0.15) is 0 Å². The SMILES string of the molecule is O=C(NCc1c(-c2cccs2)n(Cc2ccccc2)c2ccccc12)NC[C@H]1CCCO1. The number of aromatic nitrogens is 1. The number of thiophene rings is 1. The van der Waals surface area contributed by atoms with E-state index in [9.17, 15) is 4.79 Å². The number of carbonyl (C=O) groups excluding carboxylic acids is 1. The normalized spacial score (nSPS) is 15.8. The minimum absolute atomic E-state index is 0.134. The number of para-hydroxylation sites is 1. The topological polar surface area (TPSA) is 55.3 Å². The molecule has 2 amide bonds. The molecule has 1 saturated heterocycles. The van der Waals surface area contributed by atoms with Crippen LogP contribution in [-0.2, 0) is 17.8 Å². The third-order valence-electron chi connectivity index (χ3n) is 5.95. The van der Waals surface area contributed by atoms with Crippen molar-refractivity contribution in [2.24, 2.45) is 0 Å². The first-order valence-electron chi connectivity index (χ1n) is 11.1. The van der Waals surface area contributed by atoms with Crippen molar-refractivity contribution in [3.63, 3.8) is 0 Å². The van der Waals surface area contributed by atoms with Crippen molar-refractivity contribution >= 4 is 28.3 Å². The van der Waals surface area contributed by atoms with Gasteiger partial charge in [-0.05, 0) is 35.9 Å². The molecule has 5 rings (SSSR count). The summed E-state index contributed by atoms with van der Waals surface area (Å²) in [7, 11) is 0. The van der Waals surface area contributed by atoms with Gasteiger partial charge >= 0.3 is 6.03 Å². The highest BCUT2D eigenvalue weighted by Crippen LogP contribution is 2.36. The van der Waals surface area contributed by atoms with Gasteiger partial charge < -0.3 is 19.9 Å². The van der Waals surface area contributed by atoms with Gasteiger partial charge in [-0.1, -0.05) is 54.6 Å². The molecule has 6 heteroatoms. The first kappa shape index (κ1) is 20.8. The fourth-order valence-electron chi connectivity index (χ4n) is 4.42. The molecule has 32 heavy (non-hydrogen) atoms. The Morgan fingerprint density at radius 3 is 2.66 bits per heavy atom. The summed E-state index contributed by atoms with van der Waals surface area (Å²) in [5.74, 6) is 0. The Labute approximate surface area is 192 Å². The first-order chi connectivity index (χ1) is 15.8. The summed E-state index contributed by atoms with van der Waals surface area (Å²) in [4.78, 5) is 13.7. The zero-order valence-corrected chi connectivity index (χ0v) is 18.7. The summed E-state index contributed by atoms with van der Waals surface area (Å²) < 4.78 is 7.98. The molecule has 1 atom stereocenters. The molecule has 0 radical (unpaired) electrons. The van der Waals surface area contributed by atoms with E-state index in [-0.39, 0.29) is 12.1 Å². The zero-order chi connectivity index (χ0) is 21.8. The summed E-state index contributed by atoms with van der Waals surface area (Å²) >= 11 is 1.73. The van der Waals surface area contributed by atoms with E-state index in [0.717, 1.165) is 31.6 Å². The minimum Gasteiger partial charge on any atom is -0.376 e. The van der Waals surface area contributed by atoms with Gasteiger partial charge in [-0.15, -0.1) is 11.3 Å². The summed E-state index contributed by atoms with van der Waals surface area (Å²) in [6.45, 7) is 2.59. The molecule has 0 spiro atoms. The van der Waals surface area contributed by atoms with Crippen LogP contribution in [0.4, 0.5) is 4.79 Å². The number of carbonyl (C=O) groups is 1. The van der Waals surface area contributed by atoms with E-state index >= 15 is 0 Å². The second kappa shape index (κ2) is 9.59. The summed E-state index contributed by atoms with van der Waals surface area (Å²) in [6.07, 6.45) is 2.21. The summed E-state index contributed by atoms with van der Waals surface area (Å²) in [6, 6.07) is 23.0. The van der Waals surface area contributed by atoms with Crippen LogP contribution < -0.4 is 10.6 Å². The third kappa shape index (κ3) is 4.42. The minimum atomic E-state index is -0.155. The van der Waals surface area contributed by atoms with Crippen molar-refractivity contribution in [3.05, 3.63) is 83.2 Å². The number of nitrogens with one attached hydrogen (secondary N) is 2. The molecule has 2 aromatic heterocycles. The quantitative estimate of drug-likeness (QED) is 0.400. The first-order valence-corrected chi connectivity index (χ1v) is 12.0. The van der Waals surface area contributed by atoms with E-state index in [1.54, 1.807) is 11.3 Å². The standard InChI is InChI=1S/C26H27N3O2S/c30-26(27-16-20-10-6-14-31-20)28-17-22-21-11-4-5-12-23(21)29(18-19-8-2-1-3-9-19)25(22)24-13-7-15-32-24/h1-5,7-9,11-13,15,20H,6,10,14,16-18H2,(H2,27,28,30)/t20-/m1/s1. The fraction of sp³-hybridized carbons (Fsp3) is 0.269. The number of hydrogen-bond donors (Lipinski definition) is 2. The lowest BCUT2D eigenvalue weighted by atomic mass is 10.1. The van der Waals surface area contributed by atoms with Crippen LogP contribution in [0.1, 0.15) is 24.0 Å². The summed E-state index contributed by atoms with van der Waals surface area (Å²) in [5, 5.41) is 9.32. The summed E-state index contributed by atoms with van der Waals surface area (Å²) in [5.41, 5.74) is 4.74. The maximum absolute atomic E-state index is 12.5. The number of rotatable bonds is 7. The van der Waals surface area contributed by atoms with Gasteiger partial charge in [0.05, 0.1) is 16.7 Å². The maximum Gasteiger partial charge on any atom is 0.315 e. The number of nitrogens with zero attached hydrogens (tertiary/aromatic N) is 1. The molecular weight excluding hydrogens is 418 g/mol. The van der Waals surface area contributed by atoms with Crippen LogP contribution in [0, 0.1) is 0 Å². The molecule has 2 N–H and O–H groups in total. The van der Waals surface area contributed by atoms with Crippen molar-refractivity contribution in [2.75, 3.05) is 13.2 Å². The van der Waals surface area contributed by atoms with Crippen LogP contribution in [0.25, 0.3) is 21.5 Å².